The zero-order valence-corrected chi connectivity index (χ0v) is 47.4. The average molecular weight is 1250 g/mol. The van der Waals surface area contributed by atoms with Gasteiger partial charge in [-0.05, 0) is 107 Å². The van der Waals surface area contributed by atoms with Crippen molar-refractivity contribution in [2.45, 2.75) is 147 Å². The Hall–Kier alpha value is -3.50. The summed E-state index contributed by atoms with van der Waals surface area (Å²) in [5.41, 5.74) is 11.2. The van der Waals surface area contributed by atoms with Gasteiger partial charge in [-0.3, -0.25) is 4.79 Å². The van der Waals surface area contributed by atoms with Gasteiger partial charge in [0.25, 0.3) is 0 Å². The van der Waals surface area contributed by atoms with Crippen molar-refractivity contribution < 1.29 is 47.9 Å². The molecule has 7 heteroatoms. The van der Waals surface area contributed by atoms with Crippen LogP contribution in [0.5, 0.6) is 0 Å². The Kier molecular flexibility index (Phi) is 25.6. The number of fused-ring (bicyclic) bond motifs is 2. The van der Waals surface area contributed by atoms with Crippen LogP contribution in [-0.2, 0) is 42.8 Å². The van der Waals surface area contributed by atoms with Gasteiger partial charge in [0.1, 0.15) is 5.76 Å². The first-order chi connectivity index (χ1) is 30.0. The SMILES string of the molecule is CCC(C)(CC)C(=O)C=C(O)C(C)(CC)CC.CCC(C)c1ccc2c(-c3[c-]c(C)cc(C)c3)nccc2c1.CCC(C)c1ccc2c(-c3[c-]c(C)cc(C)c3)nccc2c1.[CH3-].[Cl][Ir+2].[Ir]. The number of aromatic nitrogens is 2. The van der Waals surface area contributed by atoms with Gasteiger partial charge in [-0.25, -0.2) is 0 Å². The second-order valence-corrected chi connectivity index (χ2v) is 17.8. The molecule has 0 saturated carbocycles. The molecule has 0 fully saturated rings. The molecule has 4 aromatic carbocycles. The number of carbonyl (C=O) groups excluding carboxylic acids is 1. The Bertz CT molecular complexity index is 2270. The molecule has 2 heterocycles. The van der Waals surface area contributed by atoms with Gasteiger partial charge in [-0.1, -0.05) is 133 Å². The summed E-state index contributed by atoms with van der Waals surface area (Å²) in [6.45, 7) is 29.5. The summed E-state index contributed by atoms with van der Waals surface area (Å²) < 4.78 is 0. The van der Waals surface area contributed by atoms with E-state index in [4.69, 9.17) is 0 Å². The molecule has 0 spiro atoms. The van der Waals surface area contributed by atoms with E-state index in [0.717, 1.165) is 72.2 Å². The van der Waals surface area contributed by atoms with Crippen LogP contribution in [0, 0.1) is 58.1 Å². The molecule has 4 nitrogen and oxygen atoms in total. The summed E-state index contributed by atoms with van der Waals surface area (Å²) in [5, 5.41) is 15.1. The van der Waals surface area contributed by atoms with E-state index in [1.807, 2.05) is 53.9 Å². The minimum atomic E-state index is -0.337. The molecule has 2 unspecified atom stereocenters. The van der Waals surface area contributed by atoms with Crippen LogP contribution in [0.4, 0.5) is 0 Å². The van der Waals surface area contributed by atoms with Crippen molar-refractivity contribution in [1.82, 2.24) is 9.97 Å². The normalized spacial score (nSPS) is 12.2. The van der Waals surface area contributed by atoms with Crippen LogP contribution in [0.15, 0.2) is 97.0 Å². The third kappa shape index (κ3) is 15.8. The van der Waals surface area contributed by atoms with Crippen LogP contribution in [0.3, 0.4) is 0 Å². The van der Waals surface area contributed by atoms with Gasteiger partial charge in [0.05, 0.1) is 0 Å². The van der Waals surface area contributed by atoms with E-state index in [1.54, 1.807) is 0 Å². The van der Waals surface area contributed by atoms with Crippen molar-refractivity contribution in [2.24, 2.45) is 10.8 Å². The molecule has 6 rings (SSSR count). The maximum absolute atomic E-state index is 12.2. The number of hydrogen-bond donors (Lipinski definition) is 1. The summed E-state index contributed by atoms with van der Waals surface area (Å²) in [6, 6.07) is 33.2. The predicted molar refractivity (Wildman–Crippen MR) is 274 cm³/mol. The molecule has 355 valence electrons. The molecule has 2 aromatic heterocycles. The van der Waals surface area contributed by atoms with Crippen LogP contribution in [0.25, 0.3) is 44.1 Å². The van der Waals surface area contributed by atoms with Gasteiger partial charge in [0, 0.05) is 49.4 Å². The number of aliphatic hydroxyl groups excluding tert-OH is 1. The van der Waals surface area contributed by atoms with E-state index in [-0.39, 0.29) is 49.9 Å². The number of benzene rings is 4. The monoisotopic (exact) mass is 1250 g/mol. The maximum atomic E-state index is 12.2. The Labute approximate surface area is 422 Å². The molecular weight excluding hydrogens is 1180 g/mol. The number of carbonyl (C=O) groups is 1. The van der Waals surface area contributed by atoms with Crippen molar-refractivity contribution >= 4 is 36.9 Å². The Morgan fingerprint density at radius 1 is 0.646 bits per heavy atom. The number of pyridine rings is 2. The summed E-state index contributed by atoms with van der Waals surface area (Å²) in [6.07, 6.45) is 10.9. The Morgan fingerprint density at radius 2 is 1.02 bits per heavy atom. The first-order valence-corrected chi connectivity index (χ1v) is 25.8. The maximum Gasteiger partial charge on any atom is 0 e. The fourth-order valence-electron chi connectivity index (χ4n) is 7.64. The number of rotatable bonds is 13. The Morgan fingerprint density at radius 3 is 1.34 bits per heavy atom. The smallest absolute Gasteiger partial charge is 0 e. The summed E-state index contributed by atoms with van der Waals surface area (Å²) >= 11 is 1.47. The van der Waals surface area contributed by atoms with Crippen LogP contribution in [0.1, 0.15) is 153 Å². The zero-order chi connectivity index (χ0) is 47.1. The number of ketones is 1. The molecule has 1 N–H and O–H groups in total. The van der Waals surface area contributed by atoms with Gasteiger partial charge in [-0.15, -0.1) is 69.8 Å². The fourth-order valence-corrected chi connectivity index (χ4v) is 7.64. The van der Waals surface area contributed by atoms with E-state index in [1.165, 1.54) is 67.8 Å². The third-order valence-electron chi connectivity index (χ3n) is 13.3. The number of nitrogens with zero attached hydrogens (tertiary/aromatic N) is 2. The molecule has 65 heavy (non-hydrogen) atoms. The minimum absolute atomic E-state index is 0. The summed E-state index contributed by atoms with van der Waals surface area (Å²) in [7, 11) is 4.64. The quantitative estimate of drug-likeness (QED) is 0.0711. The first-order valence-electron chi connectivity index (χ1n) is 22.8. The summed E-state index contributed by atoms with van der Waals surface area (Å²) in [4.78, 5) is 21.4. The molecule has 1 radical (unpaired) electrons. The number of hydrogen-bond acceptors (Lipinski definition) is 4. The van der Waals surface area contributed by atoms with Crippen molar-refractivity contribution in [3.05, 3.63) is 150 Å². The third-order valence-corrected chi connectivity index (χ3v) is 13.3. The first kappa shape index (κ1) is 59.5. The van der Waals surface area contributed by atoms with E-state index in [0.29, 0.717) is 11.8 Å². The zero-order valence-electron chi connectivity index (χ0n) is 41.9. The number of aliphatic hydroxyl groups is 1. The predicted octanol–water partition coefficient (Wildman–Crippen LogP) is 17.4. The van der Waals surface area contributed by atoms with Crippen molar-refractivity contribution in [3.8, 4) is 22.5 Å². The van der Waals surface area contributed by atoms with Gasteiger partial charge >= 0.3 is 27.5 Å². The molecule has 0 saturated heterocycles. The van der Waals surface area contributed by atoms with Crippen molar-refractivity contribution in [2.75, 3.05) is 0 Å². The molecule has 0 bridgehead atoms. The molecule has 2 atom stereocenters. The topological polar surface area (TPSA) is 63.1 Å². The molecular formula is C58H75ClIr2N2O2-. The summed E-state index contributed by atoms with van der Waals surface area (Å²) in [5.74, 6) is 1.47. The van der Waals surface area contributed by atoms with E-state index < -0.39 is 0 Å². The molecule has 0 aliphatic rings. The average Bonchev–Trinajstić information content (AvgIpc) is 3.29. The molecule has 0 aliphatic heterocycles. The number of halogens is 1. The standard InChI is InChI=1S/2C21H22N.C15H28O2.CH3.ClH.2Ir/c2*1-5-16(4)17-6-7-20-18(13-17)8-9-22-21(20)19-11-14(2)10-15(3)12-19;1-7-14(5,8-2)12(16)11-13(17)15(6,9-3)10-4;;;;/h2*6-11,13,16H,5H2,1-4H3;11,16H,7-10H2,1-6H3;1H3;1H;;/q2*-1;;-1;;;+3/p-1. The van der Waals surface area contributed by atoms with Crippen LogP contribution >= 0.6 is 9.58 Å². The minimum Gasteiger partial charge on any atom is 0 e. The number of aryl methyl sites for hydroxylation is 4. The second-order valence-electron chi connectivity index (χ2n) is 17.8. The largest absolute Gasteiger partial charge is 0 e. The van der Waals surface area contributed by atoms with Crippen molar-refractivity contribution in [3.63, 3.8) is 0 Å². The van der Waals surface area contributed by atoms with Gasteiger partial charge in [0.2, 0.25) is 0 Å². The van der Waals surface area contributed by atoms with Crippen molar-refractivity contribution in [1.29, 1.82) is 0 Å². The molecule has 0 aliphatic carbocycles. The van der Waals surface area contributed by atoms with E-state index in [9.17, 15) is 9.90 Å². The van der Waals surface area contributed by atoms with Crippen LogP contribution < -0.4 is 0 Å². The van der Waals surface area contributed by atoms with Gasteiger partial charge in [0.15, 0.2) is 5.78 Å². The van der Waals surface area contributed by atoms with Crippen LogP contribution in [-0.4, -0.2) is 20.9 Å². The molecule has 6 aromatic rings. The van der Waals surface area contributed by atoms with Crippen LogP contribution in [0.2, 0.25) is 0 Å². The van der Waals surface area contributed by atoms with E-state index >= 15 is 0 Å². The van der Waals surface area contributed by atoms with Gasteiger partial charge < -0.3 is 22.5 Å². The fraction of sp³-hybridized carbons (Fsp3) is 0.414. The van der Waals surface area contributed by atoms with Gasteiger partial charge in [-0.2, -0.15) is 0 Å². The number of allylic oxidation sites excluding steroid dienone is 2. The molecule has 0 amide bonds. The second kappa shape index (κ2) is 28.0. The van der Waals surface area contributed by atoms with E-state index in [2.05, 4.69) is 160 Å². The Balaban J connectivity index is 0.000000476.